The number of likely N-dealkylation sites (tertiary alicyclic amines) is 1. The van der Waals surface area contributed by atoms with Gasteiger partial charge >= 0.3 is 0 Å². The van der Waals surface area contributed by atoms with Crippen molar-refractivity contribution in [3.05, 3.63) is 12.5 Å². The van der Waals surface area contributed by atoms with Gasteiger partial charge in [0, 0.05) is 16.7 Å². The summed E-state index contributed by atoms with van der Waals surface area (Å²) < 4.78 is 24.3. The molecular weight excluding hydrogens is 250 g/mol. The Morgan fingerprint density at radius 3 is 2.62 bits per heavy atom. The number of hydrogen-bond donors (Lipinski definition) is 0. The fourth-order valence-electron chi connectivity index (χ4n) is 2.03. The minimum Gasteiger partial charge on any atom is -0.317 e. The van der Waals surface area contributed by atoms with Crippen molar-refractivity contribution in [3.8, 4) is 0 Å². The third-order valence-electron chi connectivity index (χ3n) is 2.96. The van der Waals surface area contributed by atoms with Crippen molar-refractivity contribution in [1.82, 2.24) is 14.5 Å². The zero-order valence-electron chi connectivity index (χ0n) is 9.00. The van der Waals surface area contributed by atoms with Crippen molar-refractivity contribution in [2.24, 2.45) is 0 Å². The Morgan fingerprint density at radius 1 is 1.44 bits per heavy atom. The topological polar surface area (TPSA) is 55.2 Å². The average Bonchev–Trinajstić information content (AvgIpc) is 2.66. The van der Waals surface area contributed by atoms with Crippen LogP contribution < -0.4 is 0 Å². The third-order valence-corrected chi connectivity index (χ3v) is 4.25. The minimum absolute atomic E-state index is 0.101. The quantitative estimate of drug-likeness (QED) is 0.750. The molecule has 0 radical (unpaired) electrons. The Kier molecular flexibility index (Phi) is 3.23. The highest BCUT2D eigenvalue weighted by atomic mass is 35.7. The predicted molar refractivity (Wildman–Crippen MR) is 61.0 cm³/mol. The summed E-state index contributed by atoms with van der Waals surface area (Å²) in [6, 6.07) is 0.183. The maximum Gasteiger partial charge on any atom is 0.278 e. The molecule has 1 aromatic rings. The van der Waals surface area contributed by atoms with Crippen LogP contribution in [0, 0.1) is 0 Å². The van der Waals surface area contributed by atoms with Crippen molar-refractivity contribution >= 4 is 19.7 Å². The molecule has 2 heterocycles. The van der Waals surface area contributed by atoms with E-state index in [1.54, 1.807) is 10.9 Å². The van der Waals surface area contributed by atoms with E-state index < -0.39 is 9.05 Å². The van der Waals surface area contributed by atoms with Crippen molar-refractivity contribution in [2.75, 3.05) is 20.1 Å². The van der Waals surface area contributed by atoms with E-state index >= 15 is 0 Å². The largest absolute Gasteiger partial charge is 0.317 e. The maximum atomic E-state index is 11.3. The Morgan fingerprint density at radius 2 is 2.06 bits per heavy atom. The maximum absolute atomic E-state index is 11.3. The van der Waals surface area contributed by atoms with Gasteiger partial charge in [-0.3, -0.25) is 0 Å². The molecule has 2 rings (SSSR count). The first-order valence-corrected chi connectivity index (χ1v) is 7.44. The van der Waals surface area contributed by atoms with Crippen molar-refractivity contribution < 1.29 is 8.42 Å². The first-order valence-electron chi connectivity index (χ1n) is 5.13. The second-order valence-corrected chi connectivity index (χ2v) is 6.62. The average molecular weight is 264 g/mol. The molecular formula is C9H14ClN3O2S. The molecule has 0 atom stereocenters. The van der Waals surface area contributed by atoms with Crippen LogP contribution in [0.3, 0.4) is 0 Å². The van der Waals surface area contributed by atoms with E-state index in [9.17, 15) is 8.42 Å². The summed E-state index contributed by atoms with van der Waals surface area (Å²) in [6.45, 7) is 1.93. The first-order chi connectivity index (χ1) is 7.48. The number of aromatic nitrogens is 2. The number of halogens is 1. The molecule has 1 fully saturated rings. The van der Waals surface area contributed by atoms with Crippen LogP contribution in [0.1, 0.15) is 18.9 Å². The second-order valence-electron chi connectivity index (χ2n) is 4.11. The molecule has 0 N–H and O–H groups in total. The predicted octanol–water partition coefficient (Wildman–Crippen LogP) is 1.08. The van der Waals surface area contributed by atoms with Gasteiger partial charge in [-0.2, -0.15) is 0 Å². The Bertz CT molecular complexity index is 463. The molecule has 0 bridgehead atoms. The summed E-state index contributed by atoms with van der Waals surface area (Å²) in [5, 5.41) is 0.101. The third kappa shape index (κ3) is 2.39. The molecule has 0 spiro atoms. The highest BCUT2D eigenvalue weighted by Gasteiger charge is 2.24. The van der Waals surface area contributed by atoms with E-state index in [0.717, 1.165) is 25.9 Å². The number of nitrogens with zero attached hydrogens (tertiary/aromatic N) is 3. The highest BCUT2D eigenvalue weighted by molar-refractivity contribution is 8.13. The minimum atomic E-state index is -3.69. The van der Waals surface area contributed by atoms with E-state index in [2.05, 4.69) is 16.9 Å². The van der Waals surface area contributed by atoms with Gasteiger partial charge in [0.25, 0.3) is 9.05 Å². The van der Waals surface area contributed by atoms with E-state index in [1.807, 2.05) is 0 Å². The number of piperidine rings is 1. The van der Waals surface area contributed by atoms with Crippen LogP contribution in [0.5, 0.6) is 0 Å². The molecule has 1 aromatic heterocycles. The van der Waals surface area contributed by atoms with Gasteiger partial charge in [-0.05, 0) is 33.0 Å². The SMILES string of the molecule is CN1CCC(n2cncc2S(=O)(=O)Cl)CC1. The molecule has 0 amide bonds. The summed E-state index contributed by atoms with van der Waals surface area (Å²) in [4.78, 5) is 6.09. The summed E-state index contributed by atoms with van der Waals surface area (Å²) in [6.07, 6.45) is 4.70. The van der Waals surface area contributed by atoms with Gasteiger partial charge in [0.05, 0.1) is 12.5 Å². The summed E-state index contributed by atoms with van der Waals surface area (Å²) in [5.41, 5.74) is 0. The standard InChI is InChI=1S/C9H14ClN3O2S/c1-12-4-2-8(3-5-12)13-7-11-6-9(13)16(10,14)15/h6-8H,2-5H2,1H3. The van der Waals surface area contributed by atoms with Crippen molar-refractivity contribution in [1.29, 1.82) is 0 Å². The first kappa shape index (κ1) is 11.9. The van der Waals surface area contributed by atoms with Crippen molar-refractivity contribution in [3.63, 3.8) is 0 Å². The molecule has 90 valence electrons. The molecule has 1 aliphatic heterocycles. The van der Waals surface area contributed by atoms with Crippen LogP contribution in [0.15, 0.2) is 17.6 Å². The van der Waals surface area contributed by atoms with E-state index in [4.69, 9.17) is 10.7 Å². The summed E-state index contributed by atoms with van der Waals surface area (Å²) >= 11 is 0. The lowest BCUT2D eigenvalue weighted by atomic mass is 10.1. The monoisotopic (exact) mass is 263 g/mol. The molecule has 16 heavy (non-hydrogen) atoms. The molecule has 0 aromatic carbocycles. The lowest BCUT2D eigenvalue weighted by molar-refractivity contribution is 0.215. The Balaban J connectivity index is 2.25. The van der Waals surface area contributed by atoms with Gasteiger partial charge in [0.15, 0.2) is 5.03 Å². The molecule has 7 heteroatoms. The Labute approximate surface area is 99.4 Å². The molecule has 0 saturated carbocycles. The zero-order valence-corrected chi connectivity index (χ0v) is 10.6. The summed E-state index contributed by atoms with van der Waals surface area (Å²) in [5.74, 6) is 0. The fraction of sp³-hybridized carbons (Fsp3) is 0.667. The van der Waals surface area contributed by atoms with Crippen LogP contribution in [0.2, 0.25) is 0 Å². The van der Waals surface area contributed by atoms with Crippen LogP contribution >= 0.6 is 10.7 Å². The van der Waals surface area contributed by atoms with Gasteiger partial charge in [-0.15, -0.1) is 0 Å². The fourth-order valence-corrected chi connectivity index (χ4v) is 3.02. The Hall–Kier alpha value is -0.590. The molecule has 0 unspecified atom stereocenters. The van der Waals surface area contributed by atoms with Crippen LogP contribution in [-0.4, -0.2) is 43.0 Å². The normalized spacial score (nSPS) is 20.1. The highest BCUT2D eigenvalue weighted by Crippen LogP contribution is 2.26. The molecule has 1 aliphatic rings. The van der Waals surface area contributed by atoms with E-state index in [0.29, 0.717) is 0 Å². The number of rotatable bonds is 2. The second kappa shape index (κ2) is 4.35. The van der Waals surface area contributed by atoms with Crippen LogP contribution in [-0.2, 0) is 9.05 Å². The number of hydrogen-bond acceptors (Lipinski definition) is 4. The van der Waals surface area contributed by atoms with Gasteiger partial charge in [0.1, 0.15) is 0 Å². The van der Waals surface area contributed by atoms with Crippen LogP contribution in [0.4, 0.5) is 0 Å². The smallest absolute Gasteiger partial charge is 0.278 e. The van der Waals surface area contributed by atoms with Gasteiger partial charge in [-0.25, -0.2) is 13.4 Å². The molecule has 1 saturated heterocycles. The van der Waals surface area contributed by atoms with E-state index in [1.165, 1.54) is 6.20 Å². The number of imidazole rings is 1. The van der Waals surface area contributed by atoms with Gasteiger partial charge < -0.3 is 9.47 Å². The van der Waals surface area contributed by atoms with Gasteiger partial charge in [-0.1, -0.05) is 0 Å². The zero-order chi connectivity index (χ0) is 11.8. The lowest BCUT2D eigenvalue weighted by Crippen LogP contribution is -2.31. The summed E-state index contributed by atoms with van der Waals surface area (Å²) in [7, 11) is 3.72. The van der Waals surface area contributed by atoms with E-state index in [-0.39, 0.29) is 11.1 Å². The van der Waals surface area contributed by atoms with Crippen LogP contribution in [0.25, 0.3) is 0 Å². The lowest BCUT2D eigenvalue weighted by Gasteiger charge is -2.30. The molecule has 5 nitrogen and oxygen atoms in total. The van der Waals surface area contributed by atoms with Gasteiger partial charge in [0.2, 0.25) is 0 Å². The van der Waals surface area contributed by atoms with Crippen molar-refractivity contribution in [2.45, 2.75) is 23.9 Å². The molecule has 0 aliphatic carbocycles.